The van der Waals surface area contributed by atoms with Crippen LogP contribution in [0.4, 0.5) is 4.79 Å². The van der Waals surface area contributed by atoms with Gasteiger partial charge in [-0.2, -0.15) is 0 Å². The normalized spacial score (nSPS) is 27.7. The van der Waals surface area contributed by atoms with Crippen molar-refractivity contribution in [3.8, 4) is 0 Å². The van der Waals surface area contributed by atoms with Gasteiger partial charge in [-0.05, 0) is 44.9 Å². The first-order chi connectivity index (χ1) is 13.7. The standard InChI is InChI=1S/C22H31N3O4/c1-14-9-16-10-15(5-6-18(16)20(26)28-14)19-13-24-8-7-23-11-17(24)12-25(19)21(27)29-22(2,3)4/h5-6,10,14,17,19,23H,7-9,11-13H2,1-4H3. The lowest BCUT2D eigenvalue weighted by Gasteiger charge is -2.48. The van der Waals surface area contributed by atoms with Crippen LogP contribution in [0, 0.1) is 0 Å². The largest absolute Gasteiger partial charge is 0.459 e. The van der Waals surface area contributed by atoms with Crippen LogP contribution in [0.25, 0.3) is 0 Å². The highest BCUT2D eigenvalue weighted by molar-refractivity contribution is 5.92. The molecule has 3 heterocycles. The van der Waals surface area contributed by atoms with Gasteiger partial charge in [0, 0.05) is 45.2 Å². The molecule has 0 aliphatic carbocycles. The molecule has 0 radical (unpaired) electrons. The van der Waals surface area contributed by atoms with Gasteiger partial charge < -0.3 is 14.8 Å². The number of nitrogens with one attached hydrogen (secondary N) is 1. The summed E-state index contributed by atoms with van der Waals surface area (Å²) in [5.74, 6) is -0.264. The number of piperazine rings is 2. The molecule has 3 unspecified atom stereocenters. The number of ether oxygens (including phenoxy) is 2. The van der Waals surface area contributed by atoms with Crippen molar-refractivity contribution in [2.45, 2.75) is 57.9 Å². The van der Waals surface area contributed by atoms with E-state index < -0.39 is 5.60 Å². The van der Waals surface area contributed by atoms with E-state index >= 15 is 0 Å². The Labute approximate surface area is 172 Å². The summed E-state index contributed by atoms with van der Waals surface area (Å²) in [6.45, 7) is 11.8. The first-order valence-electron chi connectivity index (χ1n) is 10.5. The second-order valence-corrected chi connectivity index (χ2v) is 9.34. The van der Waals surface area contributed by atoms with Crippen molar-refractivity contribution in [1.29, 1.82) is 0 Å². The molecule has 0 spiro atoms. The average molecular weight is 402 g/mol. The third-order valence-electron chi connectivity index (χ3n) is 5.84. The Morgan fingerprint density at radius 2 is 2.07 bits per heavy atom. The van der Waals surface area contributed by atoms with Gasteiger partial charge in [0.1, 0.15) is 11.7 Å². The number of esters is 1. The average Bonchev–Trinajstić information content (AvgIpc) is 2.65. The molecule has 7 nitrogen and oxygen atoms in total. The molecule has 3 aliphatic heterocycles. The van der Waals surface area contributed by atoms with E-state index in [1.165, 1.54) is 0 Å². The molecule has 1 N–H and O–H groups in total. The number of benzene rings is 1. The zero-order valence-electron chi connectivity index (χ0n) is 17.7. The Morgan fingerprint density at radius 1 is 1.28 bits per heavy atom. The lowest BCUT2D eigenvalue weighted by molar-refractivity contribution is -0.0212. The van der Waals surface area contributed by atoms with Crippen molar-refractivity contribution >= 4 is 12.1 Å². The Balaban J connectivity index is 1.65. The molecule has 7 heteroatoms. The third kappa shape index (κ3) is 4.26. The minimum atomic E-state index is -0.543. The predicted octanol–water partition coefficient (Wildman–Crippen LogP) is 2.35. The van der Waals surface area contributed by atoms with Gasteiger partial charge in [0.05, 0.1) is 11.6 Å². The number of nitrogens with zero attached hydrogens (tertiary/aromatic N) is 2. The van der Waals surface area contributed by atoms with E-state index in [9.17, 15) is 9.59 Å². The molecule has 3 atom stereocenters. The van der Waals surface area contributed by atoms with Gasteiger partial charge in [-0.15, -0.1) is 0 Å². The Morgan fingerprint density at radius 3 is 2.83 bits per heavy atom. The van der Waals surface area contributed by atoms with E-state index in [2.05, 4.69) is 16.3 Å². The number of carbonyl (C=O) groups is 2. The highest BCUT2D eigenvalue weighted by atomic mass is 16.6. The van der Waals surface area contributed by atoms with Crippen LogP contribution in [0.3, 0.4) is 0 Å². The number of cyclic esters (lactones) is 1. The van der Waals surface area contributed by atoms with Gasteiger partial charge in [-0.3, -0.25) is 9.80 Å². The van der Waals surface area contributed by atoms with E-state index in [-0.39, 0.29) is 24.2 Å². The van der Waals surface area contributed by atoms with Crippen molar-refractivity contribution in [1.82, 2.24) is 15.1 Å². The Kier molecular flexibility index (Phi) is 5.29. The topological polar surface area (TPSA) is 71.1 Å². The van der Waals surface area contributed by atoms with Crippen molar-refractivity contribution in [3.05, 3.63) is 34.9 Å². The zero-order valence-corrected chi connectivity index (χ0v) is 17.7. The van der Waals surface area contributed by atoms with Crippen LogP contribution in [0.15, 0.2) is 18.2 Å². The highest BCUT2D eigenvalue weighted by Crippen LogP contribution is 2.32. The maximum atomic E-state index is 13.1. The SMILES string of the molecule is CC1Cc2cc(C3CN4CCNCC4CN3C(=O)OC(C)(C)C)ccc2C(=O)O1. The van der Waals surface area contributed by atoms with Crippen LogP contribution >= 0.6 is 0 Å². The van der Waals surface area contributed by atoms with Crippen molar-refractivity contribution in [2.24, 2.45) is 0 Å². The maximum Gasteiger partial charge on any atom is 0.410 e. The van der Waals surface area contributed by atoms with Gasteiger partial charge in [0.15, 0.2) is 0 Å². The summed E-state index contributed by atoms with van der Waals surface area (Å²) in [4.78, 5) is 29.6. The molecule has 0 saturated carbocycles. The second kappa shape index (κ2) is 7.61. The molecule has 2 saturated heterocycles. The van der Waals surface area contributed by atoms with Crippen LogP contribution in [-0.4, -0.2) is 72.3 Å². The molecule has 0 aromatic heterocycles. The summed E-state index contributed by atoms with van der Waals surface area (Å²) < 4.78 is 11.1. The number of rotatable bonds is 1. The molecule has 3 aliphatic rings. The summed E-state index contributed by atoms with van der Waals surface area (Å²) in [6.07, 6.45) is 0.291. The van der Waals surface area contributed by atoms with Gasteiger partial charge in [-0.1, -0.05) is 12.1 Å². The first-order valence-corrected chi connectivity index (χ1v) is 10.5. The number of carbonyl (C=O) groups excluding carboxylic acids is 2. The van der Waals surface area contributed by atoms with E-state index in [1.807, 2.05) is 44.7 Å². The Hall–Kier alpha value is -2.12. The predicted molar refractivity (Wildman–Crippen MR) is 109 cm³/mol. The van der Waals surface area contributed by atoms with E-state index in [1.54, 1.807) is 0 Å². The van der Waals surface area contributed by atoms with Gasteiger partial charge >= 0.3 is 12.1 Å². The molecule has 0 bridgehead atoms. The van der Waals surface area contributed by atoms with Crippen LogP contribution in [0.2, 0.25) is 0 Å². The van der Waals surface area contributed by atoms with Crippen LogP contribution < -0.4 is 5.32 Å². The molecule has 1 amide bonds. The summed E-state index contributed by atoms with van der Waals surface area (Å²) in [5, 5.41) is 3.43. The second-order valence-electron chi connectivity index (χ2n) is 9.34. The Bertz CT molecular complexity index is 804. The highest BCUT2D eigenvalue weighted by Gasteiger charge is 2.40. The smallest absolute Gasteiger partial charge is 0.410 e. The van der Waals surface area contributed by atoms with Gasteiger partial charge in [-0.25, -0.2) is 9.59 Å². The number of amides is 1. The lowest BCUT2D eigenvalue weighted by Crippen LogP contribution is -2.63. The van der Waals surface area contributed by atoms with E-state index in [4.69, 9.17) is 9.47 Å². The van der Waals surface area contributed by atoms with Gasteiger partial charge in [0.25, 0.3) is 0 Å². The number of fused-ring (bicyclic) bond motifs is 2. The van der Waals surface area contributed by atoms with Crippen molar-refractivity contribution < 1.29 is 19.1 Å². The quantitative estimate of drug-likeness (QED) is 0.729. The summed E-state index contributed by atoms with van der Waals surface area (Å²) in [5.41, 5.74) is 2.14. The molecular formula is C22H31N3O4. The summed E-state index contributed by atoms with van der Waals surface area (Å²) >= 11 is 0. The fraction of sp³-hybridized carbons (Fsp3) is 0.636. The monoisotopic (exact) mass is 401 g/mol. The van der Waals surface area contributed by atoms with Crippen molar-refractivity contribution in [3.63, 3.8) is 0 Å². The van der Waals surface area contributed by atoms with Crippen LogP contribution in [0.5, 0.6) is 0 Å². The molecular weight excluding hydrogens is 370 g/mol. The molecule has 4 rings (SSSR count). The minimum Gasteiger partial charge on any atom is -0.459 e. The fourth-order valence-corrected chi connectivity index (χ4v) is 4.49. The van der Waals surface area contributed by atoms with Crippen LogP contribution in [-0.2, 0) is 15.9 Å². The summed E-state index contributed by atoms with van der Waals surface area (Å²) in [6, 6.07) is 6.07. The lowest BCUT2D eigenvalue weighted by atomic mass is 9.92. The van der Waals surface area contributed by atoms with E-state index in [0.29, 0.717) is 24.6 Å². The third-order valence-corrected chi connectivity index (χ3v) is 5.84. The van der Waals surface area contributed by atoms with Crippen molar-refractivity contribution in [2.75, 3.05) is 32.7 Å². The molecule has 1 aromatic rings. The molecule has 29 heavy (non-hydrogen) atoms. The zero-order chi connectivity index (χ0) is 20.8. The number of hydrogen-bond donors (Lipinski definition) is 1. The molecule has 1 aromatic carbocycles. The van der Waals surface area contributed by atoms with E-state index in [0.717, 1.165) is 37.3 Å². The number of hydrogen-bond acceptors (Lipinski definition) is 6. The minimum absolute atomic E-state index is 0.0993. The first kappa shape index (κ1) is 20.2. The summed E-state index contributed by atoms with van der Waals surface area (Å²) in [7, 11) is 0. The van der Waals surface area contributed by atoms with Crippen LogP contribution in [0.1, 0.15) is 55.2 Å². The molecule has 158 valence electrons. The molecule has 2 fully saturated rings. The fourth-order valence-electron chi connectivity index (χ4n) is 4.49. The maximum absolute atomic E-state index is 13.1. The van der Waals surface area contributed by atoms with Gasteiger partial charge in [0.2, 0.25) is 0 Å².